The van der Waals surface area contributed by atoms with Crippen molar-refractivity contribution in [3.05, 3.63) is 58.0 Å². The van der Waals surface area contributed by atoms with Crippen LogP contribution in [0.1, 0.15) is 29.1 Å². The van der Waals surface area contributed by atoms with E-state index in [0.717, 1.165) is 4.88 Å². The van der Waals surface area contributed by atoms with Crippen LogP contribution in [0.2, 0.25) is 0 Å². The number of amides is 1. The van der Waals surface area contributed by atoms with E-state index < -0.39 is 11.9 Å². The van der Waals surface area contributed by atoms with Gasteiger partial charge in [0, 0.05) is 11.4 Å². The quantitative estimate of drug-likeness (QED) is 0.935. The molecule has 122 valence electrons. The number of aliphatic hydroxyl groups excluding tert-OH is 1. The summed E-state index contributed by atoms with van der Waals surface area (Å²) in [6, 6.07) is 9.66. The van der Waals surface area contributed by atoms with E-state index in [0.29, 0.717) is 25.3 Å². The molecule has 1 fully saturated rings. The molecule has 0 saturated carbocycles. The lowest BCUT2D eigenvalue weighted by molar-refractivity contribution is -0.141. The Labute approximate surface area is 138 Å². The molecule has 2 unspecified atom stereocenters. The molecule has 0 aliphatic carbocycles. The van der Waals surface area contributed by atoms with Crippen molar-refractivity contribution in [2.24, 2.45) is 0 Å². The molecular formula is C17H18FNO3S. The van der Waals surface area contributed by atoms with Crippen LogP contribution in [0.25, 0.3) is 0 Å². The van der Waals surface area contributed by atoms with Gasteiger partial charge < -0.3 is 14.7 Å². The number of carbonyl (C=O) groups is 1. The lowest BCUT2D eigenvalue weighted by atomic mass is 10.1. The number of halogens is 1. The Bertz CT molecular complexity index is 662. The molecule has 6 heteroatoms. The third kappa shape index (κ3) is 3.96. The van der Waals surface area contributed by atoms with E-state index in [2.05, 4.69) is 0 Å². The van der Waals surface area contributed by atoms with Gasteiger partial charge >= 0.3 is 0 Å². The molecule has 1 N–H and O–H groups in total. The summed E-state index contributed by atoms with van der Waals surface area (Å²) < 4.78 is 18.9. The van der Waals surface area contributed by atoms with Crippen LogP contribution in [-0.2, 0) is 9.53 Å². The fraction of sp³-hybridized carbons (Fsp3) is 0.353. The summed E-state index contributed by atoms with van der Waals surface area (Å²) in [4.78, 5) is 15.2. The van der Waals surface area contributed by atoms with Gasteiger partial charge in [-0.15, -0.1) is 11.3 Å². The first-order valence-corrected chi connectivity index (χ1v) is 8.38. The number of ether oxygens (including phenoxy) is 1. The number of rotatable bonds is 4. The van der Waals surface area contributed by atoms with E-state index in [9.17, 15) is 14.3 Å². The first-order chi connectivity index (χ1) is 11.1. The monoisotopic (exact) mass is 335 g/mol. The van der Waals surface area contributed by atoms with Crippen molar-refractivity contribution in [2.75, 3.05) is 19.7 Å². The number of thiophene rings is 1. The highest BCUT2D eigenvalue weighted by Gasteiger charge is 2.27. The number of nitrogens with zero attached hydrogens (tertiary/aromatic N) is 1. The van der Waals surface area contributed by atoms with Gasteiger partial charge in [-0.25, -0.2) is 4.39 Å². The maximum Gasteiger partial charge on any atom is 0.225 e. The molecule has 0 spiro atoms. The molecule has 0 radical (unpaired) electrons. The summed E-state index contributed by atoms with van der Waals surface area (Å²) >= 11 is 1.60. The molecule has 2 heterocycles. The summed E-state index contributed by atoms with van der Waals surface area (Å²) in [5.74, 6) is -0.565. The third-order valence-corrected chi connectivity index (χ3v) is 4.85. The minimum Gasteiger partial charge on any atom is -0.388 e. The van der Waals surface area contributed by atoms with Crippen LogP contribution in [0.3, 0.4) is 0 Å². The zero-order valence-corrected chi connectivity index (χ0v) is 13.3. The maximum absolute atomic E-state index is 13.2. The van der Waals surface area contributed by atoms with Crippen molar-refractivity contribution in [3.63, 3.8) is 0 Å². The van der Waals surface area contributed by atoms with Gasteiger partial charge in [-0.05, 0) is 29.1 Å². The van der Waals surface area contributed by atoms with Crippen LogP contribution in [0.4, 0.5) is 4.39 Å². The largest absolute Gasteiger partial charge is 0.388 e. The number of benzene rings is 1. The Morgan fingerprint density at radius 3 is 3.04 bits per heavy atom. The van der Waals surface area contributed by atoms with Crippen LogP contribution >= 0.6 is 11.3 Å². The summed E-state index contributed by atoms with van der Waals surface area (Å²) in [6.07, 6.45) is -1.17. The predicted octanol–water partition coefficient (Wildman–Crippen LogP) is 2.91. The lowest BCUT2D eigenvalue weighted by Gasteiger charge is -2.33. The predicted molar refractivity (Wildman–Crippen MR) is 85.6 cm³/mol. The molecule has 1 amide bonds. The molecule has 23 heavy (non-hydrogen) atoms. The van der Waals surface area contributed by atoms with Crippen LogP contribution in [0.5, 0.6) is 0 Å². The number of aliphatic hydroxyl groups is 1. The Kier molecular flexibility index (Phi) is 5.05. The molecule has 2 aromatic rings. The second-order valence-electron chi connectivity index (χ2n) is 5.49. The fourth-order valence-electron chi connectivity index (χ4n) is 2.65. The van der Waals surface area contributed by atoms with Gasteiger partial charge in [0.05, 0.1) is 25.7 Å². The molecule has 1 aliphatic rings. The topological polar surface area (TPSA) is 49.8 Å². The Hall–Kier alpha value is -1.76. The molecule has 0 bridgehead atoms. The van der Waals surface area contributed by atoms with E-state index in [4.69, 9.17) is 4.74 Å². The van der Waals surface area contributed by atoms with E-state index in [1.807, 2.05) is 17.5 Å². The first-order valence-electron chi connectivity index (χ1n) is 7.50. The minimum atomic E-state index is -0.999. The molecule has 1 saturated heterocycles. The smallest absolute Gasteiger partial charge is 0.225 e. The van der Waals surface area contributed by atoms with Gasteiger partial charge in [-0.3, -0.25) is 4.79 Å². The van der Waals surface area contributed by atoms with Gasteiger partial charge in [0.25, 0.3) is 0 Å². The van der Waals surface area contributed by atoms with E-state index >= 15 is 0 Å². The second kappa shape index (κ2) is 7.21. The highest BCUT2D eigenvalue weighted by Crippen LogP contribution is 2.27. The van der Waals surface area contributed by atoms with Crippen molar-refractivity contribution in [1.29, 1.82) is 0 Å². The third-order valence-electron chi connectivity index (χ3n) is 3.88. The zero-order valence-electron chi connectivity index (χ0n) is 12.5. The van der Waals surface area contributed by atoms with Gasteiger partial charge in [0.15, 0.2) is 0 Å². The molecule has 4 nitrogen and oxygen atoms in total. The standard InChI is InChI=1S/C17H18FNO3S/c18-13-4-1-3-12(9-13)14(20)10-17(21)19-6-7-22-15(11-19)16-5-2-8-23-16/h1-5,8-9,14-15,20H,6-7,10-11H2. The van der Waals surface area contributed by atoms with Crippen molar-refractivity contribution in [2.45, 2.75) is 18.6 Å². The van der Waals surface area contributed by atoms with Crippen molar-refractivity contribution in [1.82, 2.24) is 4.90 Å². The van der Waals surface area contributed by atoms with Crippen LogP contribution in [-0.4, -0.2) is 35.6 Å². The summed E-state index contributed by atoms with van der Waals surface area (Å²) in [5.41, 5.74) is 0.418. The maximum atomic E-state index is 13.2. The molecule has 1 aromatic carbocycles. The number of hydrogen-bond acceptors (Lipinski definition) is 4. The van der Waals surface area contributed by atoms with Gasteiger partial charge in [-0.2, -0.15) is 0 Å². The van der Waals surface area contributed by atoms with Crippen LogP contribution < -0.4 is 0 Å². The Balaban J connectivity index is 1.61. The number of morpholine rings is 1. The highest BCUT2D eigenvalue weighted by atomic mass is 32.1. The second-order valence-corrected chi connectivity index (χ2v) is 6.47. The van der Waals surface area contributed by atoms with Crippen molar-refractivity contribution < 1.29 is 19.0 Å². The average Bonchev–Trinajstić information content (AvgIpc) is 3.09. The Morgan fingerprint density at radius 1 is 1.43 bits per heavy atom. The van der Waals surface area contributed by atoms with Gasteiger partial charge in [0.2, 0.25) is 5.91 Å². The summed E-state index contributed by atoms with van der Waals surface area (Å²) in [6.45, 7) is 1.47. The zero-order chi connectivity index (χ0) is 16.2. The highest BCUT2D eigenvalue weighted by molar-refractivity contribution is 7.10. The van der Waals surface area contributed by atoms with Crippen molar-refractivity contribution in [3.8, 4) is 0 Å². The van der Waals surface area contributed by atoms with Crippen LogP contribution in [0, 0.1) is 5.82 Å². The van der Waals surface area contributed by atoms with E-state index in [1.54, 1.807) is 22.3 Å². The van der Waals surface area contributed by atoms with Gasteiger partial charge in [-0.1, -0.05) is 18.2 Å². The molecule has 2 atom stereocenters. The summed E-state index contributed by atoms with van der Waals surface area (Å²) in [7, 11) is 0. The first kappa shape index (κ1) is 16.1. The molecular weight excluding hydrogens is 317 g/mol. The normalized spacial score (nSPS) is 19.6. The number of hydrogen-bond donors (Lipinski definition) is 1. The molecule has 3 rings (SSSR count). The summed E-state index contributed by atoms with van der Waals surface area (Å²) in [5, 5.41) is 12.1. The number of carbonyl (C=O) groups excluding carboxylic acids is 1. The lowest BCUT2D eigenvalue weighted by Crippen LogP contribution is -2.42. The SMILES string of the molecule is O=C(CC(O)c1cccc(F)c1)N1CCOC(c2cccs2)C1. The van der Waals surface area contributed by atoms with Crippen molar-refractivity contribution >= 4 is 17.2 Å². The van der Waals surface area contributed by atoms with Gasteiger partial charge in [0.1, 0.15) is 11.9 Å². The average molecular weight is 335 g/mol. The molecule has 1 aromatic heterocycles. The fourth-order valence-corrected chi connectivity index (χ4v) is 3.41. The van der Waals surface area contributed by atoms with E-state index in [-0.39, 0.29) is 18.4 Å². The van der Waals surface area contributed by atoms with E-state index in [1.165, 1.54) is 18.2 Å². The Morgan fingerprint density at radius 2 is 2.30 bits per heavy atom. The minimum absolute atomic E-state index is 0.0549. The molecule has 1 aliphatic heterocycles. The van der Waals surface area contributed by atoms with Crippen LogP contribution in [0.15, 0.2) is 41.8 Å².